The van der Waals surface area contributed by atoms with Crippen LogP contribution in [-0.4, -0.2) is 26.4 Å². The van der Waals surface area contributed by atoms with Crippen LogP contribution in [-0.2, 0) is 24.8 Å². The fourth-order valence-corrected chi connectivity index (χ4v) is 3.45. The average molecular weight is 311 g/mol. The van der Waals surface area contributed by atoms with Gasteiger partial charge in [-0.3, -0.25) is 4.79 Å². The van der Waals surface area contributed by atoms with E-state index in [2.05, 4.69) is 43.1 Å². The topological polar surface area (TPSA) is 38.1 Å². The third kappa shape index (κ3) is 3.31. The van der Waals surface area contributed by atoms with Gasteiger partial charge in [0.15, 0.2) is 0 Å². The first-order valence-corrected chi connectivity index (χ1v) is 8.39. The van der Waals surface area contributed by atoms with Crippen molar-refractivity contribution in [3.63, 3.8) is 0 Å². The first kappa shape index (κ1) is 15.8. The maximum Gasteiger partial charge on any atom is 0.223 e. The maximum atomic E-state index is 12.9. The van der Waals surface area contributed by atoms with E-state index in [1.54, 1.807) is 6.20 Å². The Morgan fingerprint density at radius 3 is 2.87 bits per heavy atom. The van der Waals surface area contributed by atoms with Gasteiger partial charge in [-0.25, -0.2) is 4.98 Å². The second-order valence-electron chi connectivity index (χ2n) is 6.71. The number of imidazole rings is 1. The largest absolute Gasteiger partial charge is 0.337 e. The normalized spacial score (nSPS) is 16.6. The number of carbonyl (C=O) groups excluding carboxylic acids is 1. The average Bonchev–Trinajstić information content (AvgIpc) is 3.11. The van der Waals surface area contributed by atoms with Crippen molar-refractivity contribution in [1.29, 1.82) is 0 Å². The zero-order chi connectivity index (χ0) is 16.4. The van der Waals surface area contributed by atoms with Crippen molar-refractivity contribution in [2.24, 2.45) is 7.05 Å². The Balaban J connectivity index is 1.71. The predicted octanol–water partition coefficient (Wildman–Crippen LogP) is 3.28. The van der Waals surface area contributed by atoms with Gasteiger partial charge in [-0.1, -0.05) is 24.3 Å². The minimum Gasteiger partial charge on any atom is -0.337 e. The monoisotopic (exact) mass is 311 g/mol. The summed E-state index contributed by atoms with van der Waals surface area (Å²) in [5.41, 5.74) is 2.77. The summed E-state index contributed by atoms with van der Waals surface area (Å²) in [6, 6.07) is 8.71. The van der Waals surface area contributed by atoms with Crippen LogP contribution >= 0.6 is 0 Å². The van der Waals surface area contributed by atoms with E-state index < -0.39 is 0 Å². The van der Waals surface area contributed by atoms with Crippen LogP contribution in [0.3, 0.4) is 0 Å². The summed E-state index contributed by atoms with van der Waals surface area (Å²) in [5, 5.41) is 0. The number of fused-ring (bicyclic) bond motifs is 1. The first-order chi connectivity index (χ1) is 11.1. The zero-order valence-corrected chi connectivity index (χ0v) is 14.2. The molecule has 1 aliphatic carbocycles. The molecule has 1 amide bonds. The van der Waals surface area contributed by atoms with Gasteiger partial charge in [0, 0.05) is 31.9 Å². The molecule has 0 saturated heterocycles. The maximum absolute atomic E-state index is 12.9. The molecule has 0 saturated carbocycles. The molecule has 1 atom stereocenters. The van der Waals surface area contributed by atoms with Crippen LogP contribution in [0.1, 0.15) is 49.6 Å². The van der Waals surface area contributed by atoms with Gasteiger partial charge in [-0.15, -0.1) is 0 Å². The van der Waals surface area contributed by atoms with Gasteiger partial charge in [0.1, 0.15) is 5.82 Å². The van der Waals surface area contributed by atoms with Crippen LogP contribution < -0.4 is 0 Å². The molecular formula is C19H25N3O. The van der Waals surface area contributed by atoms with Crippen LogP contribution in [0.5, 0.6) is 0 Å². The van der Waals surface area contributed by atoms with Crippen molar-refractivity contribution in [1.82, 2.24) is 14.5 Å². The van der Waals surface area contributed by atoms with Crippen molar-refractivity contribution in [2.45, 2.75) is 51.6 Å². The van der Waals surface area contributed by atoms with Crippen LogP contribution in [0.25, 0.3) is 0 Å². The number of rotatable bonds is 5. The lowest BCUT2D eigenvalue weighted by Gasteiger charge is -2.28. The molecule has 23 heavy (non-hydrogen) atoms. The quantitative estimate of drug-likeness (QED) is 0.850. The number of hydrogen-bond acceptors (Lipinski definition) is 2. The highest BCUT2D eigenvalue weighted by atomic mass is 16.2. The number of benzene rings is 1. The Morgan fingerprint density at radius 1 is 1.39 bits per heavy atom. The lowest BCUT2D eigenvalue weighted by Crippen LogP contribution is -2.37. The van der Waals surface area contributed by atoms with Crippen molar-refractivity contribution in [2.75, 3.05) is 0 Å². The van der Waals surface area contributed by atoms with Crippen molar-refractivity contribution in [3.05, 3.63) is 53.6 Å². The molecule has 0 radical (unpaired) electrons. The molecule has 0 N–H and O–H groups in total. The molecule has 0 spiro atoms. The van der Waals surface area contributed by atoms with Gasteiger partial charge in [0.25, 0.3) is 0 Å². The summed E-state index contributed by atoms with van der Waals surface area (Å²) in [7, 11) is 1.97. The van der Waals surface area contributed by atoms with E-state index in [9.17, 15) is 4.79 Å². The highest BCUT2D eigenvalue weighted by Crippen LogP contribution is 2.35. The van der Waals surface area contributed by atoms with Gasteiger partial charge < -0.3 is 9.47 Å². The number of aryl methyl sites for hydroxylation is 2. The molecule has 4 heteroatoms. The Hall–Kier alpha value is -2.10. The van der Waals surface area contributed by atoms with Gasteiger partial charge in [0.2, 0.25) is 5.91 Å². The minimum absolute atomic E-state index is 0.177. The summed E-state index contributed by atoms with van der Waals surface area (Å²) in [6.07, 6.45) is 6.48. The molecule has 4 nitrogen and oxygen atoms in total. The molecule has 1 aliphatic rings. The number of amides is 1. The molecule has 0 unspecified atom stereocenters. The van der Waals surface area contributed by atoms with Crippen molar-refractivity contribution >= 4 is 5.91 Å². The molecule has 122 valence electrons. The Bertz CT molecular complexity index is 689. The SMILES string of the molecule is CC(C)N(Cc1nccn1C)C(=O)C[C@@H]1CCc2ccccc21. The molecule has 0 fully saturated rings. The molecule has 1 aromatic carbocycles. The highest BCUT2D eigenvalue weighted by Gasteiger charge is 2.27. The summed E-state index contributed by atoms with van der Waals surface area (Å²) in [6.45, 7) is 4.72. The highest BCUT2D eigenvalue weighted by molar-refractivity contribution is 5.77. The predicted molar refractivity (Wildman–Crippen MR) is 91.0 cm³/mol. The van der Waals surface area contributed by atoms with Gasteiger partial charge in [-0.05, 0) is 43.7 Å². The van der Waals surface area contributed by atoms with Gasteiger partial charge >= 0.3 is 0 Å². The Labute approximate surface area is 138 Å². The molecule has 3 rings (SSSR count). The summed E-state index contributed by atoms with van der Waals surface area (Å²) < 4.78 is 1.98. The third-order valence-corrected chi connectivity index (χ3v) is 4.85. The number of carbonyl (C=O) groups is 1. The summed E-state index contributed by atoms with van der Waals surface area (Å²) >= 11 is 0. The summed E-state index contributed by atoms with van der Waals surface area (Å²) in [5.74, 6) is 1.52. The number of hydrogen-bond donors (Lipinski definition) is 0. The van der Waals surface area contributed by atoms with Crippen LogP contribution in [0.4, 0.5) is 0 Å². The van der Waals surface area contributed by atoms with Crippen LogP contribution in [0, 0.1) is 0 Å². The van der Waals surface area contributed by atoms with E-state index in [-0.39, 0.29) is 11.9 Å². The van der Waals surface area contributed by atoms with Crippen molar-refractivity contribution in [3.8, 4) is 0 Å². The van der Waals surface area contributed by atoms with E-state index in [1.165, 1.54) is 11.1 Å². The minimum atomic E-state index is 0.177. The Morgan fingerprint density at radius 2 is 2.17 bits per heavy atom. The second-order valence-corrected chi connectivity index (χ2v) is 6.71. The lowest BCUT2D eigenvalue weighted by atomic mass is 9.97. The molecule has 0 bridgehead atoms. The molecule has 1 aromatic heterocycles. The van der Waals surface area contributed by atoms with Crippen LogP contribution in [0.2, 0.25) is 0 Å². The molecule has 1 heterocycles. The molecule has 0 aliphatic heterocycles. The number of aromatic nitrogens is 2. The summed E-state index contributed by atoms with van der Waals surface area (Å²) in [4.78, 5) is 19.2. The Kier molecular flexibility index (Phi) is 4.51. The van der Waals surface area contributed by atoms with E-state index >= 15 is 0 Å². The lowest BCUT2D eigenvalue weighted by molar-refractivity contribution is -0.134. The van der Waals surface area contributed by atoms with E-state index in [0.717, 1.165) is 18.7 Å². The molecular weight excluding hydrogens is 286 g/mol. The van der Waals surface area contributed by atoms with Crippen LogP contribution in [0.15, 0.2) is 36.7 Å². The smallest absolute Gasteiger partial charge is 0.223 e. The fraction of sp³-hybridized carbons (Fsp3) is 0.474. The van der Waals surface area contributed by atoms with Gasteiger partial charge in [-0.2, -0.15) is 0 Å². The van der Waals surface area contributed by atoms with E-state index in [4.69, 9.17) is 0 Å². The van der Waals surface area contributed by atoms with E-state index in [0.29, 0.717) is 18.9 Å². The van der Waals surface area contributed by atoms with Gasteiger partial charge in [0.05, 0.1) is 6.54 Å². The first-order valence-electron chi connectivity index (χ1n) is 8.39. The third-order valence-electron chi connectivity index (χ3n) is 4.85. The van der Waals surface area contributed by atoms with E-state index in [1.807, 2.05) is 22.7 Å². The number of nitrogens with zero attached hydrogens (tertiary/aromatic N) is 3. The fourth-order valence-electron chi connectivity index (χ4n) is 3.45. The van der Waals surface area contributed by atoms with Crippen molar-refractivity contribution < 1.29 is 4.79 Å². The molecule has 2 aromatic rings. The second kappa shape index (κ2) is 6.57. The zero-order valence-electron chi connectivity index (χ0n) is 14.2. The standard InChI is InChI=1S/C19H25N3O/c1-14(2)22(13-18-20-10-11-21(18)3)19(23)12-16-9-8-15-6-4-5-7-17(15)16/h4-7,10-11,14,16H,8-9,12-13H2,1-3H3/t16-/m0/s1.